The van der Waals surface area contributed by atoms with Gasteiger partial charge in [-0.2, -0.15) is 5.10 Å². The Bertz CT molecular complexity index is 872. The van der Waals surface area contributed by atoms with Crippen LogP contribution in [0.5, 0.6) is 0 Å². The average molecular weight is 355 g/mol. The van der Waals surface area contributed by atoms with Gasteiger partial charge in [0.2, 0.25) is 5.91 Å². The number of H-pyrrole nitrogens is 1. The number of piperidine rings is 1. The number of aromatic amines is 1. The van der Waals surface area contributed by atoms with Crippen LogP contribution in [0.25, 0.3) is 0 Å². The van der Waals surface area contributed by atoms with Gasteiger partial charge in [-0.15, -0.1) is 0 Å². The van der Waals surface area contributed by atoms with E-state index in [0.717, 1.165) is 25.1 Å². The minimum absolute atomic E-state index is 0.0757. The van der Waals surface area contributed by atoms with E-state index in [-0.39, 0.29) is 11.3 Å². The molecule has 0 saturated carbocycles. The maximum Gasteiger partial charge on any atom is 0.276 e. The molecule has 8 nitrogen and oxygen atoms in total. The molecule has 0 radical (unpaired) electrons. The fourth-order valence-electron chi connectivity index (χ4n) is 3.15. The molecule has 1 atom stereocenters. The van der Waals surface area contributed by atoms with Gasteiger partial charge in [-0.3, -0.25) is 14.4 Å². The number of primary amides is 1. The van der Waals surface area contributed by atoms with Crippen molar-refractivity contribution in [3.63, 3.8) is 0 Å². The lowest BCUT2D eigenvalue weighted by Gasteiger charge is -2.36. The monoisotopic (exact) mass is 355 g/mol. The zero-order valence-corrected chi connectivity index (χ0v) is 14.5. The lowest BCUT2D eigenvalue weighted by Crippen LogP contribution is -2.38. The molecule has 136 valence electrons. The smallest absolute Gasteiger partial charge is 0.276 e. The van der Waals surface area contributed by atoms with E-state index < -0.39 is 11.8 Å². The SMILES string of the molecule is C[C@H]1CCCCN1c1ccc(C(N)=O)cc1NC(=O)c1ccc(=O)[nH]n1. The van der Waals surface area contributed by atoms with Crippen LogP contribution in [-0.4, -0.2) is 34.6 Å². The van der Waals surface area contributed by atoms with E-state index in [1.165, 1.54) is 18.6 Å². The summed E-state index contributed by atoms with van der Waals surface area (Å²) in [5.41, 5.74) is 6.70. The zero-order chi connectivity index (χ0) is 18.7. The van der Waals surface area contributed by atoms with Crippen molar-refractivity contribution in [1.29, 1.82) is 0 Å². The normalized spacial score (nSPS) is 17.0. The highest BCUT2D eigenvalue weighted by atomic mass is 16.2. The van der Waals surface area contributed by atoms with E-state index in [4.69, 9.17) is 5.73 Å². The van der Waals surface area contributed by atoms with Gasteiger partial charge < -0.3 is 16.0 Å². The number of amides is 2. The van der Waals surface area contributed by atoms with E-state index in [1.807, 2.05) is 0 Å². The fraction of sp³-hybridized carbons (Fsp3) is 0.333. The van der Waals surface area contributed by atoms with Crippen LogP contribution in [0.1, 0.15) is 47.0 Å². The highest BCUT2D eigenvalue weighted by Crippen LogP contribution is 2.32. The Morgan fingerprint density at radius 2 is 2.08 bits per heavy atom. The number of nitrogens with zero attached hydrogens (tertiary/aromatic N) is 2. The predicted molar refractivity (Wildman–Crippen MR) is 98.4 cm³/mol. The molecule has 4 N–H and O–H groups in total. The number of anilines is 2. The average Bonchev–Trinajstić information content (AvgIpc) is 2.63. The van der Waals surface area contributed by atoms with Crippen LogP contribution in [0, 0.1) is 0 Å². The molecule has 1 fully saturated rings. The fourth-order valence-corrected chi connectivity index (χ4v) is 3.15. The van der Waals surface area contributed by atoms with Crippen molar-refractivity contribution < 1.29 is 9.59 Å². The maximum absolute atomic E-state index is 12.5. The molecule has 26 heavy (non-hydrogen) atoms. The Balaban J connectivity index is 1.95. The largest absolute Gasteiger partial charge is 0.367 e. The Morgan fingerprint density at radius 3 is 2.73 bits per heavy atom. The second-order valence-electron chi connectivity index (χ2n) is 6.39. The van der Waals surface area contributed by atoms with Crippen LogP contribution in [0.3, 0.4) is 0 Å². The highest BCUT2D eigenvalue weighted by molar-refractivity contribution is 6.06. The summed E-state index contributed by atoms with van der Waals surface area (Å²) in [6, 6.07) is 7.93. The van der Waals surface area contributed by atoms with Gasteiger partial charge in [-0.05, 0) is 50.5 Å². The van der Waals surface area contributed by atoms with Crippen molar-refractivity contribution in [3.05, 3.63) is 51.9 Å². The molecule has 3 rings (SSSR count). The van der Waals surface area contributed by atoms with Crippen molar-refractivity contribution in [2.75, 3.05) is 16.8 Å². The molecule has 1 aromatic carbocycles. The summed E-state index contributed by atoms with van der Waals surface area (Å²) >= 11 is 0. The van der Waals surface area contributed by atoms with E-state index in [1.54, 1.807) is 18.2 Å². The molecule has 0 aliphatic carbocycles. The Hall–Kier alpha value is -3.16. The number of carbonyl (C=O) groups is 2. The summed E-state index contributed by atoms with van der Waals surface area (Å²) in [4.78, 5) is 37.4. The number of benzene rings is 1. The number of hydrogen-bond donors (Lipinski definition) is 3. The number of aromatic nitrogens is 2. The summed E-state index contributed by atoms with van der Waals surface area (Å²) in [6.07, 6.45) is 3.29. The van der Waals surface area contributed by atoms with Gasteiger partial charge in [-0.1, -0.05) is 0 Å². The maximum atomic E-state index is 12.5. The van der Waals surface area contributed by atoms with Crippen LogP contribution in [-0.2, 0) is 0 Å². The van der Waals surface area contributed by atoms with Gasteiger partial charge in [0.05, 0.1) is 11.4 Å². The van der Waals surface area contributed by atoms with Crippen molar-refractivity contribution in [1.82, 2.24) is 10.2 Å². The van der Waals surface area contributed by atoms with Crippen LogP contribution in [0.2, 0.25) is 0 Å². The first-order valence-corrected chi connectivity index (χ1v) is 8.53. The first-order valence-electron chi connectivity index (χ1n) is 8.53. The minimum atomic E-state index is -0.569. The molecule has 1 aliphatic rings. The topological polar surface area (TPSA) is 121 Å². The minimum Gasteiger partial charge on any atom is -0.367 e. The molecule has 8 heteroatoms. The summed E-state index contributed by atoms with van der Waals surface area (Å²) in [6.45, 7) is 3.01. The van der Waals surface area contributed by atoms with Gasteiger partial charge in [0.1, 0.15) is 5.69 Å². The van der Waals surface area contributed by atoms with Gasteiger partial charge in [0.15, 0.2) is 0 Å². The van der Waals surface area contributed by atoms with Gasteiger partial charge in [0, 0.05) is 24.2 Å². The highest BCUT2D eigenvalue weighted by Gasteiger charge is 2.23. The van der Waals surface area contributed by atoms with Crippen molar-refractivity contribution in [2.24, 2.45) is 5.73 Å². The lowest BCUT2D eigenvalue weighted by atomic mass is 10.0. The quantitative estimate of drug-likeness (QED) is 0.767. The summed E-state index contributed by atoms with van der Waals surface area (Å²) < 4.78 is 0. The van der Waals surface area contributed by atoms with Crippen LogP contribution in [0.4, 0.5) is 11.4 Å². The predicted octanol–water partition coefficient (Wildman–Crippen LogP) is 1.50. The van der Waals surface area contributed by atoms with E-state index >= 15 is 0 Å². The van der Waals surface area contributed by atoms with Crippen molar-refractivity contribution in [2.45, 2.75) is 32.2 Å². The third kappa shape index (κ3) is 3.74. The standard InChI is InChI=1S/C18H21N5O3/c1-11-4-2-3-9-23(11)15-7-5-12(17(19)25)10-14(15)20-18(26)13-6-8-16(24)22-21-13/h5-8,10-11H,2-4,9H2,1H3,(H2,19,25)(H,20,26)(H,22,24)/t11-/m0/s1. The zero-order valence-electron chi connectivity index (χ0n) is 14.5. The summed E-state index contributed by atoms with van der Waals surface area (Å²) in [7, 11) is 0. The van der Waals surface area contributed by atoms with E-state index in [9.17, 15) is 14.4 Å². The van der Waals surface area contributed by atoms with Crippen molar-refractivity contribution in [3.8, 4) is 0 Å². The summed E-state index contributed by atoms with van der Waals surface area (Å²) in [5.74, 6) is -1.05. The van der Waals surface area contributed by atoms with Crippen LogP contribution >= 0.6 is 0 Å². The first-order chi connectivity index (χ1) is 12.5. The second-order valence-corrected chi connectivity index (χ2v) is 6.39. The van der Waals surface area contributed by atoms with Crippen LogP contribution < -0.4 is 21.5 Å². The molecule has 1 aliphatic heterocycles. The molecule has 0 unspecified atom stereocenters. The molecule has 0 spiro atoms. The Labute approximate surface area is 150 Å². The Kier molecular flexibility index (Phi) is 5.01. The molecule has 0 bridgehead atoms. The molecule has 2 amide bonds. The second kappa shape index (κ2) is 7.38. The third-order valence-corrected chi connectivity index (χ3v) is 4.55. The van der Waals surface area contributed by atoms with Crippen molar-refractivity contribution >= 4 is 23.2 Å². The lowest BCUT2D eigenvalue weighted by molar-refractivity contribution is 0.0995. The number of rotatable bonds is 4. The number of nitrogens with two attached hydrogens (primary N) is 1. The number of hydrogen-bond acceptors (Lipinski definition) is 5. The van der Waals surface area contributed by atoms with Gasteiger partial charge in [-0.25, -0.2) is 5.10 Å². The van der Waals surface area contributed by atoms with E-state index in [2.05, 4.69) is 27.3 Å². The molecule has 2 aromatic rings. The van der Waals surface area contributed by atoms with Gasteiger partial charge in [0.25, 0.3) is 11.5 Å². The molecule has 1 aromatic heterocycles. The van der Waals surface area contributed by atoms with E-state index in [0.29, 0.717) is 17.3 Å². The Morgan fingerprint density at radius 1 is 1.27 bits per heavy atom. The van der Waals surface area contributed by atoms with Gasteiger partial charge >= 0.3 is 0 Å². The molecular formula is C18H21N5O3. The third-order valence-electron chi connectivity index (χ3n) is 4.55. The number of nitrogens with one attached hydrogen (secondary N) is 2. The first kappa shape index (κ1) is 17.7. The number of carbonyl (C=O) groups excluding carboxylic acids is 2. The summed E-state index contributed by atoms with van der Waals surface area (Å²) in [5, 5.41) is 8.75. The van der Waals surface area contributed by atoms with Crippen LogP contribution in [0.15, 0.2) is 35.1 Å². The molecular weight excluding hydrogens is 334 g/mol. The molecule has 2 heterocycles. The molecule has 1 saturated heterocycles.